The van der Waals surface area contributed by atoms with Crippen molar-refractivity contribution in [1.82, 2.24) is 10.3 Å². The van der Waals surface area contributed by atoms with E-state index in [0.29, 0.717) is 6.54 Å². The average Bonchev–Trinajstić information content (AvgIpc) is 2.86. The van der Waals surface area contributed by atoms with Gasteiger partial charge in [-0.1, -0.05) is 24.3 Å². The molecule has 0 aliphatic carbocycles. The van der Waals surface area contributed by atoms with Crippen LogP contribution in [0, 0.1) is 0 Å². The normalized spacial score (nSPS) is 10.2. The number of carbonyl (C=O) groups excluding carboxylic acids is 1. The van der Waals surface area contributed by atoms with Gasteiger partial charge in [0.2, 0.25) is 5.91 Å². The summed E-state index contributed by atoms with van der Waals surface area (Å²) >= 11 is 1.61. The van der Waals surface area contributed by atoms with Crippen LogP contribution >= 0.6 is 11.3 Å². The van der Waals surface area contributed by atoms with E-state index < -0.39 is 0 Å². The number of aromatic nitrogens is 1. The van der Waals surface area contributed by atoms with E-state index in [1.165, 1.54) is 6.92 Å². The number of carbonyl (C=O) groups is 1. The van der Waals surface area contributed by atoms with E-state index in [-0.39, 0.29) is 5.91 Å². The maximum atomic E-state index is 10.8. The summed E-state index contributed by atoms with van der Waals surface area (Å²) in [5.41, 5.74) is 3.15. The second-order valence-electron chi connectivity index (χ2n) is 4.17. The topological polar surface area (TPSA) is 54.0 Å². The van der Waals surface area contributed by atoms with Gasteiger partial charge in [0.15, 0.2) is 5.13 Å². The highest BCUT2D eigenvalue weighted by Crippen LogP contribution is 2.24. The molecule has 19 heavy (non-hydrogen) atoms. The Morgan fingerprint density at radius 2 is 2.05 bits per heavy atom. The highest BCUT2D eigenvalue weighted by molar-refractivity contribution is 7.14. The van der Waals surface area contributed by atoms with Gasteiger partial charge < -0.3 is 10.6 Å². The van der Waals surface area contributed by atoms with Crippen molar-refractivity contribution in [2.75, 3.05) is 11.9 Å². The highest BCUT2D eigenvalue weighted by Gasteiger charge is 2.04. The lowest BCUT2D eigenvalue weighted by Crippen LogP contribution is -2.18. The van der Waals surface area contributed by atoms with Crippen LogP contribution in [0.25, 0.3) is 11.3 Å². The summed E-state index contributed by atoms with van der Waals surface area (Å²) in [5.74, 6) is -0.0149. The number of anilines is 1. The molecule has 5 heteroatoms. The van der Waals surface area contributed by atoms with Gasteiger partial charge >= 0.3 is 0 Å². The minimum atomic E-state index is -0.0149. The van der Waals surface area contributed by atoms with Crippen molar-refractivity contribution in [3.8, 4) is 11.3 Å². The molecule has 0 aliphatic rings. The maximum Gasteiger partial charge on any atom is 0.217 e. The molecule has 2 N–H and O–H groups in total. The molecule has 0 saturated carbocycles. The first-order valence-corrected chi connectivity index (χ1v) is 7.10. The van der Waals surface area contributed by atoms with Crippen LogP contribution in [0.3, 0.4) is 0 Å². The molecule has 2 rings (SSSR count). The van der Waals surface area contributed by atoms with Crippen molar-refractivity contribution in [2.45, 2.75) is 20.4 Å². The van der Waals surface area contributed by atoms with Crippen LogP contribution in [-0.2, 0) is 11.3 Å². The molecule has 0 bridgehead atoms. The lowest BCUT2D eigenvalue weighted by Gasteiger charge is -2.03. The van der Waals surface area contributed by atoms with Crippen molar-refractivity contribution in [3.63, 3.8) is 0 Å². The molecule has 0 radical (unpaired) electrons. The SMILES string of the molecule is CCNc1nc(-c2ccc(CNC(C)=O)cc2)cs1. The molecule has 2 aromatic rings. The summed E-state index contributed by atoms with van der Waals surface area (Å²) in [5, 5.41) is 8.97. The fourth-order valence-corrected chi connectivity index (χ4v) is 2.45. The van der Waals surface area contributed by atoms with Crippen molar-refractivity contribution >= 4 is 22.4 Å². The standard InChI is InChI=1S/C14H17N3OS/c1-3-15-14-17-13(9-19-14)12-6-4-11(5-7-12)8-16-10(2)18/h4-7,9H,3,8H2,1-2H3,(H,15,17)(H,16,18). The molecule has 1 aromatic carbocycles. The molecular weight excluding hydrogens is 258 g/mol. The lowest BCUT2D eigenvalue weighted by atomic mass is 10.1. The second kappa shape index (κ2) is 6.33. The van der Waals surface area contributed by atoms with E-state index in [0.717, 1.165) is 28.5 Å². The molecule has 0 spiro atoms. The van der Waals surface area contributed by atoms with Gasteiger partial charge in [-0.3, -0.25) is 4.79 Å². The maximum absolute atomic E-state index is 10.8. The smallest absolute Gasteiger partial charge is 0.217 e. The molecular formula is C14H17N3OS. The Balaban J connectivity index is 2.06. The first kappa shape index (κ1) is 13.5. The third-order valence-corrected chi connectivity index (χ3v) is 3.42. The summed E-state index contributed by atoms with van der Waals surface area (Å²) in [7, 11) is 0. The summed E-state index contributed by atoms with van der Waals surface area (Å²) in [6, 6.07) is 8.08. The zero-order chi connectivity index (χ0) is 13.7. The van der Waals surface area contributed by atoms with Gasteiger partial charge in [0, 0.05) is 31.0 Å². The van der Waals surface area contributed by atoms with Gasteiger partial charge in [0.25, 0.3) is 0 Å². The van der Waals surface area contributed by atoms with E-state index in [1.807, 2.05) is 29.6 Å². The molecule has 0 fully saturated rings. The number of thiazole rings is 1. The molecule has 1 amide bonds. The summed E-state index contributed by atoms with van der Waals surface area (Å²) in [6.45, 7) is 5.02. The number of nitrogens with one attached hydrogen (secondary N) is 2. The third kappa shape index (κ3) is 3.79. The third-order valence-electron chi connectivity index (χ3n) is 2.62. The molecule has 1 aromatic heterocycles. The second-order valence-corrected chi connectivity index (χ2v) is 5.03. The average molecular weight is 275 g/mol. The molecule has 100 valence electrons. The number of benzene rings is 1. The van der Waals surface area contributed by atoms with Crippen LogP contribution in [0.2, 0.25) is 0 Å². The van der Waals surface area contributed by atoms with Gasteiger partial charge in [-0.2, -0.15) is 0 Å². The van der Waals surface area contributed by atoms with Gasteiger partial charge in [0.05, 0.1) is 5.69 Å². The highest BCUT2D eigenvalue weighted by atomic mass is 32.1. The summed E-state index contributed by atoms with van der Waals surface area (Å²) in [4.78, 5) is 15.4. The lowest BCUT2D eigenvalue weighted by molar-refractivity contribution is -0.119. The monoisotopic (exact) mass is 275 g/mol. The zero-order valence-electron chi connectivity index (χ0n) is 11.1. The Hall–Kier alpha value is -1.88. The minimum Gasteiger partial charge on any atom is -0.362 e. The fraction of sp³-hybridized carbons (Fsp3) is 0.286. The van der Waals surface area contributed by atoms with Crippen LogP contribution in [0.4, 0.5) is 5.13 Å². The van der Waals surface area contributed by atoms with Gasteiger partial charge in [-0.25, -0.2) is 4.98 Å². The van der Waals surface area contributed by atoms with Crippen molar-refractivity contribution in [3.05, 3.63) is 35.2 Å². The number of hydrogen-bond acceptors (Lipinski definition) is 4. The molecule has 0 saturated heterocycles. The number of hydrogen-bond donors (Lipinski definition) is 2. The Bertz CT molecular complexity index is 548. The van der Waals surface area contributed by atoms with Gasteiger partial charge in [0.1, 0.15) is 0 Å². The zero-order valence-corrected chi connectivity index (χ0v) is 11.9. The summed E-state index contributed by atoms with van der Waals surface area (Å²) < 4.78 is 0. The van der Waals surface area contributed by atoms with Crippen molar-refractivity contribution in [1.29, 1.82) is 0 Å². The predicted molar refractivity (Wildman–Crippen MR) is 79.2 cm³/mol. The van der Waals surface area contributed by atoms with Gasteiger partial charge in [-0.05, 0) is 12.5 Å². The molecule has 0 atom stereocenters. The van der Waals surface area contributed by atoms with Gasteiger partial charge in [-0.15, -0.1) is 11.3 Å². The Labute approximate surface area is 116 Å². The Kier molecular flexibility index (Phi) is 4.52. The van der Waals surface area contributed by atoms with E-state index in [2.05, 4.69) is 22.5 Å². The largest absolute Gasteiger partial charge is 0.362 e. The first-order chi connectivity index (χ1) is 9.19. The number of rotatable bonds is 5. The van der Waals surface area contributed by atoms with Crippen LogP contribution in [-0.4, -0.2) is 17.4 Å². The van der Waals surface area contributed by atoms with E-state index in [9.17, 15) is 4.79 Å². The first-order valence-electron chi connectivity index (χ1n) is 6.22. The number of amides is 1. The molecule has 0 unspecified atom stereocenters. The summed E-state index contributed by atoms with van der Waals surface area (Å²) in [6.07, 6.45) is 0. The Morgan fingerprint density at radius 1 is 1.32 bits per heavy atom. The van der Waals surface area contributed by atoms with Crippen LogP contribution in [0.1, 0.15) is 19.4 Å². The molecule has 4 nitrogen and oxygen atoms in total. The van der Waals surface area contributed by atoms with Crippen molar-refractivity contribution < 1.29 is 4.79 Å². The number of nitrogens with zero attached hydrogens (tertiary/aromatic N) is 1. The minimum absolute atomic E-state index is 0.0149. The molecule has 0 aliphatic heterocycles. The van der Waals surface area contributed by atoms with E-state index in [4.69, 9.17) is 0 Å². The van der Waals surface area contributed by atoms with E-state index >= 15 is 0 Å². The van der Waals surface area contributed by atoms with Crippen LogP contribution in [0.15, 0.2) is 29.6 Å². The Morgan fingerprint density at radius 3 is 2.68 bits per heavy atom. The predicted octanol–water partition coefficient (Wildman–Crippen LogP) is 2.88. The van der Waals surface area contributed by atoms with E-state index in [1.54, 1.807) is 11.3 Å². The van der Waals surface area contributed by atoms with Crippen LogP contribution < -0.4 is 10.6 Å². The van der Waals surface area contributed by atoms with Crippen molar-refractivity contribution in [2.24, 2.45) is 0 Å². The quantitative estimate of drug-likeness (QED) is 0.882. The molecule has 1 heterocycles. The van der Waals surface area contributed by atoms with Crippen LogP contribution in [0.5, 0.6) is 0 Å². The fourth-order valence-electron chi connectivity index (χ4n) is 1.66.